The van der Waals surface area contributed by atoms with Crippen molar-refractivity contribution in [2.45, 2.75) is 18.9 Å². The van der Waals surface area contributed by atoms with Crippen molar-refractivity contribution in [2.24, 2.45) is 0 Å². The average Bonchev–Trinajstić information content (AvgIpc) is 2.55. The summed E-state index contributed by atoms with van der Waals surface area (Å²) < 4.78 is 0. The molecule has 2 N–H and O–H groups in total. The van der Waals surface area contributed by atoms with Crippen LogP contribution in [0.1, 0.15) is 12.8 Å². The van der Waals surface area contributed by atoms with Gasteiger partial charge in [-0.15, -0.1) is 0 Å². The predicted octanol–water partition coefficient (Wildman–Crippen LogP) is -0.811. The van der Waals surface area contributed by atoms with Gasteiger partial charge in [0.05, 0.1) is 0 Å². The number of hydrogen-bond donors (Lipinski definition) is 2. The first-order valence-electron chi connectivity index (χ1n) is 4.37. The number of carbonyl (C=O) groups excluding carboxylic acids is 1. The van der Waals surface area contributed by atoms with Gasteiger partial charge in [0.25, 0.3) is 5.91 Å². The average molecular weight is 172 g/mol. The molecular weight excluding hydrogens is 156 g/mol. The molecule has 1 atom stereocenters. The van der Waals surface area contributed by atoms with Crippen LogP contribution in [0.4, 0.5) is 0 Å². The van der Waals surface area contributed by atoms with Gasteiger partial charge < -0.3 is 15.3 Å². The van der Waals surface area contributed by atoms with Crippen LogP contribution in [-0.2, 0) is 4.79 Å². The third-order valence-corrected chi connectivity index (χ3v) is 2.10. The van der Waals surface area contributed by atoms with Crippen molar-refractivity contribution >= 4 is 5.91 Å². The van der Waals surface area contributed by atoms with Crippen LogP contribution in [0.25, 0.3) is 0 Å². The van der Waals surface area contributed by atoms with Gasteiger partial charge in [-0.05, 0) is 19.9 Å². The van der Waals surface area contributed by atoms with Crippen LogP contribution in [0.5, 0.6) is 0 Å². The summed E-state index contributed by atoms with van der Waals surface area (Å²) >= 11 is 0. The molecule has 1 aliphatic heterocycles. The number of likely N-dealkylation sites (tertiary alicyclic amines) is 1. The second kappa shape index (κ2) is 4.42. The van der Waals surface area contributed by atoms with Crippen molar-refractivity contribution in [2.75, 3.05) is 26.7 Å². The molecule has 0 saturated carbocycles. The maximum atomic E-state index is 11.4. The topological polar surface area (TPSA) is 52.6 Å². The number of amides is 1. The summed E-state index contributed by atoms with van der Waals surface area (Å²) in [5.41, 5.74) is 0. The highest BCUT2D eigenvalue weighted by Crippen LogP contribution is 2.08. The van der Waals surface area contributed by atoms with Crippen molar-refractivity contribution in [3.8, 4) is 0 Å². The zero-order valence-corrected chi connectivity index (χ0v) is 7.42. The van der Waals surface area contributed by atoms with Crippen molar-refractivity contribution < 1.29 is 9.90 Å². The molecule has 0 aromatic carbocycles. The maximum Gasteiger partial charge on any atom is 0.252 e. The lowest BCUT2D eigenvalue weighted by atomic mass is 10.3. The van der Waals surface area contributed by atoms with E-state index in [0.717, 1.165) is 25.9 Å². The molecule has 1 heterocycles. The predicted molar refractivity (Wildman–Crippen MR) is 45.7 cm³/mol. The fourth-order valence-corrected chi connectivity index (χ4v) is 1.43. The lowest BCUT2D eigenvalue weighted by Crippen LogP contribution is -2.41. The van der Waals surface area contributed by atoms with E-state index in [4.69, 9.17) is 0 Å². The van der Waals surface area contributed by atoms with Gasteiger partial charge in [-0.25, -0.2) is 0 Å². The summed E-state index contributed by atoms with van der Waals surface area (Å²) in [4.78, 5) is 13.1. The van der Waals surface area contributed by atoms with Crippen molar-refractivity contribution in [3.05, 3.63) is 0 Å². The Hall–Kier alpha value is -0.610. The Bertz CT molecular complexity index is 155. The Morgan fingerprint density at radius 2 is 2.17 bits per heavy atom. The van der Waals surface area contributed by atoms with Crippen LogP contribution in [-0.4, -0.2) is 48.7 Å². The van der Waals surface area contributed by atoms with Gasteiger partial charge in [-0.3, -0.25) is 4.79 Å². The van der Waals surface area contributed by atoms with E-state index < -0.39 is 6.10 Å². The van der Waals surface area contributed by atoms with Crippen molar-refractivity contribution in [1.82, 2.24) is 10.2 Å². The first-order chi connectivity index (χ1) is 5.75. The largest absolute Gasteiger partial charge is 0.382 e. The molecule has 1 unspecified atom stereocenters. The van der Waals surface area contributed by atoms with Gasteiger partial charge >= 0.3 is 0 Å². The molecule has 1 saturated heterocycles. The molecule has 12 heavy (non-hydrogen) atoms. The second-order valence-electron chi connectivity index (χ2n) is 3.11. The van der Waals surface area contributed by atoms with E-state index in [1.165, 1.54) is 0 Å². The number of rotatable bonds is 3. The van der Waals surface area contributed by atoms with E-state index >= 15 is 0 Å². The Morgan fingerprint density at radius 3 is 2.67 bits per heavy atom. The normalized spacial score (nSPS) is 19.7. The van der Waals surface area contributed by atoms with Gasteiger partial charge in [0.1, 0.15) is 6.10 Å². The highest BCUT2D eigenvalue weighted by atomic mass is 16.3. The van der Waals surface area contributed by atoms with Crippen LogP contribution in [0.2, 0.25) is 0 Å². The Morgan fingerprint density at radius 1 is 1.58 bits per heavy atom. The standard InChI is InChI=1S/C8H16N2O2/c1-9-6-7(11)8(12)10-4-2-3-5-10/h7,9,11H,2-6H2,1H3. The molecule has 1 rings (SSSR count). The minimum atomic E-state index is -0.868. The Balaban J connectivity index is 2.34. The minimum Gasteiger partial charge on any atom is -0.382 e. The Labute approximate surface area is 72.6 Å². The van der Waals surface area contributed by atoms with Crippen LogP contribution < -0.4 is 5.32 Å². The fourth-order valence-electron chi connectivity index (χ4n) is 1.43. The molecule has 1 amide bonds. The first-order valence-corrected chi connectivity index (χ1v) is 4.37. The molecule has 4 heteroatoms. The number of aliphatic hydroxyl groups excluding tert-OH is 1. The number of aliphatic hydroxyl groups is 1. The summed E-state index contributed by atoms with van der Waals surface area (Å²) in [5, 5.41) is 12.1. The second-order valence-corrected chi connectivity index (χ2v) is 3.11. The van der Waals surface area contributed by atoms with Gasteiger partial charge in [0.2, 0.25) is 0 Å². The first kappa shape index (κ1) is 9.48. The summed E-state index contributed by atoms with van der Waals surface area (Å²) in [7, 11) is 1.72. The van der Waals surface area contributed by atoms with E-state index in [1.807, 2.05) is 0 Å². The molecule has 0 aliphatic carbocycles. The smallest absolute Gasteiger partial charge is 0.252 e. The zero-order chi connectivity index (χ0) is 8.97. The quantitative estimate of drug-likeness (QED) is 0.585. The number of nitrogens with one attached hydrogen (secondary N) is 1. The van der Waals surface area contributed by atoms with E-state index in [-0.39, 0.29) is 5.91 Å². The monoisotopic (exact) mass is 172 g/mol. The SMILES string of the molecule is CNCC(O)C(=O)N1CCCC1. The molecule has 0 aromatic heterocycles. The molecule has 4 nitrogen and oxygen atoms in total. The molecule has 0 spiro atoms. The minimum absolute atomic E-state index is 0.137. The summed E-state index contributed by atoms with van der Waals surface area (Å²) in [6, 6.07) is 0. The van der Waals surface area contributed by atoms with E-state index in [9.17, 15) is 9.90 Å². The number of likely N-dealkylation sites (N-methyl/N-ethyl adjacent to an activating group) is 1. The lowest BCUT2D eigenvalue weighted by Gasteiger charge is -2.18. The van der Waals surface area contributed by atoms with Gasteiger partial charge in [0.15, 0.2) is 0 Å². The molecule has 1 fully saturated rings. The molecular formula is C8H16N2O2. The van der Waals surface area contributed by atoms with E-state index in [1.54, 1.807) is 11.9 Å². The van der Waals surface area contributed by atoms with Crippen LogP contribution in [0.15, 0.2) is 0 Å². The van der Waals surface area contributed by atoms with Gasteiger partial charge in [-0.2, -0.15) is 0 Å². The molecule has 70 valence electrons. The summed E-state index contributed by atoms with van der Waals surface area (Å²) in [6.45, 7) is 1.95. The van der Waals surface area contributed by atoms with E-state index in [0.29, 0.717) is 6.54 Å². The molecule has 0 aromatic rings. The highest BCUT2D eigenvalue weighted by Gasteiger charge is 2.23. The molecule has 1 aliphatic rings. The Kier molecular flexibility index (Phi) is 3.49. The van der Waals surface area contributed by atoms with Gasteiger partial charge in [0, 0.05) is 19.6 Å². The van der Waals surface area contributed by atoms with Gasteiger partial charge in [-0.1, -0.05) is 0 Å². The third-order valence-electron chi connectivity index (χ3n) is 2.10. The van der Waals surface area contributed by atoms with Crippen LogP contribution >= 0.6 is 0 Å². The lowest BCUT2D eigenvalue weighted by molar-refractivity contribution is -0.138. The van der Waals surface area contributed by atoms with Crippen molar-refractivity contribution in [3.63, 3.8) is 0 Å². The molecule has 0 bridgehead atoms. The third kappa shape index (κ3) is 2.19. The van der Waals surface area contributed by atoms with Crippen molar-refractivity contribution in [1.29, 1.82) is 0 Å². The maximum absolute atomic E-state index is 11.4. The summed E-state index contributed by atoms with van der Waals surface area (Å²) in [5.74, 6) is -0.137. The number of hydrogen-bond acceptors (Lipinski definition) is 3. The highest BCUT2D eigenvalue weighted by molar-refractivity contribution is 5.81. The summed E-state index contributed by atoms with van der Waals surface area (Å²) in [6.07, 6.45) is 1.27. The zero-order valence-electron chi connectivity index (χ0n) is 7.42. The number of carbonyl (C=O) groups is 1. The fraction of sp³-hybridized carbons (Fsp3) is 0.875. The molecule has 0 radical (unpaired) electrons. The van der Waals surface area contributed by atoms with Crippen LogP contribution in [0.3, 0.4) is 0 Å². The van der Waals surface area contributed by atoms with Crippen LogP contribution in [0, 0.1) is 0 Å². The van der Waals surface area contributed by atoms with E-state index in [2.05, 4.69) is 5.32 Å². The number of nitrogens with zero attached hydrogens (tertiary/aromatic N) is 1.